The van der Waals surface area contributed by atoms with Crippen molar-refractivity contribution in [3.05, 3.63) is 28.2 Å². The van der Waals surface area contributed by atoms with Crippen molar-refractivity contribution < 1.29 is 18.3 Å². The molecule has 1 aliphatic rings. The number of piperazine rings is 1. The summed E-state index contributed by atoms with van der Waals surface area (Å²) >= 11 is 0. The molecule has 0 radical (unpaired) electrons. The summed E-state index contributed by atoms with van der Waals surface area (Å²) in [6.45, 7) is 8.83. The summed E-state index contributed by atoms with van der Waals surface area (Å²) in [7, 11) is 0. The first-order valence-corrected chi connectivity index (χ1v) is 8.75. The van der Waals surface area contributed by atoms with Gasteiger partial charge in [-0.1, -0.05) is 20.8 Å². The summed E-state index contributed by atoms with van der Waals surface area (Å²) in [5.41, 5.74) is 0.522. The van der Waals surface area contributed by atoms with Crippen LogP contribution in [-0.4, -0.2) is 76.2 Å². The predicted octanol–water partition coefficient (Wildman–Crippen LogP) is 1.08. The number of nitrogens with zero attached hydrogens (tertiary/aromatic N) is 4. The Morgan fingerprint density at radius 2 is 1.65 bits per heavy atom. The number of hydrogen-bond donors (Lipinski definition) is 1. The molecule has 2 rings (SSSR count). The van der Waals surface area contributed by atoms with Crippen LogP contribution in [0, 0.1) is 0 Å². The number of β-amino-alcohol motifs (C(OH)–C–C–N with tert-alkyl or cyclic N) is 1. The number of rotatable bonds is 5. The quantitative estimate of drug-likeness (QED) is 0.833. The molecule has 1 fully saturated rings. The number of halogens is 3. The molecule has 0 aliphatic carbocycles. The van der Waals surface area contributed by atoms with Crippen LogP contribution in [0.15, 0.2) is 16.9 Å². The van der Waals surface area contributed by atoms with E-state index in [-0.39, 0.29) is 11.0 Å². The lowest BCUT2D eigenvalue weighted by molar-refractivity contribution is -0.208. The van der Waals surface area contributed by atoms with Gasteiger partial charge in [0.15, 0.2) is 6.10 Å². The molecule has 9 heteroatoms. The fourth-order valence-corrected chi connectivity index (χ4v) is 2.79. The van der Waals surface area contributed by atoms with Gasteiger partial charge in [-0.25, -0.2) is 4.68 Å². The first-order valence-electron chi connectivity index (χ1n) is 8.75. The Balaban J connectivity index is 1.85. The zero-order chi connectivity index (χ0) is 19.5. The molecule has 1 N–H and O–H groups in total. The van der Waals surface area contributed by atoms with Crippen molar-refractivity contribution in [2.45, 2.75) is 45.0 Å². The van der Waals surface area contributed by atoms with Gasteiger partial charge >= 0.3 is 6.18 Å². The summed E-state index contributed by atoms with van der Waals surface area (Å²) in [5.74, 6) is 0. The van der Waals surface area contributed by atoms with Crippen LogP contribution < -0.4 is 5.56 Å². The SMILES string of the molecule is CC(C)(C)c1ccc(=O)n(CCN2CCN(CC(O)C(F)(F)F)CC2)n1. The molecule has 1 aromatic rings. The molecule has 148 valence electrons. The summed E-state index contributed by atoms with van der Waals surface area (Å²) in [6, 6.07) is 3.26. The average molecular weight is 376 g/mol. The van der Waals surface area contributed by atoms with Gasteiger partial charge in [0.1, 0.15) is 0 Å². The van der Waals surface area contributed by atoms with Gasteiger partial charge in [-0.2, -0.15) is 18.3 Å². The van der Waals surface area contributed by atoms with Gasteiger partial charge in [0.25, 0.3) is 5.56 Å². The highest BCUT2D eigenvalue weighted by Gasteiger charge is 2.39. The molecule has 0 spiro atoms. The van der Waals surface area contributed by atoms with Crippen LogP contribution in [0.25, 0.3) is 0 Å². The van der Waals surface area contributed by atoms with E-state index >= 15 is 0 Å². The predicted molar refractivity (Wildman–Crippen MR) is 92.1 cm³/mol. The summed E-state index contributed by atoms with van der Waals surface area (Å²) in [5, 5.41) is 13.6. The molecule has 6 nitrogen and oxygen atoms in total. The van der Waals surface area contributed by atoms with E-state index in [0.717, 1.165) is 5.69 Å². The van der Waals surface area contributed by atoms with E-state index < -0.39 is 18.8 Å². The molecular formula is C17H27F3N4O2. The first kappa shape index (κ1) is 20.9. The molecule has 1 saturated heterocycles. The molecule has 0 bridgehead atoms. The lowest BCUT2D eigenvalue weighted by atomic mass is 9.92. The van der Waals surface area contributed by atoms with E-state index in [0.29, 0.717) is 39.3 Å². The highest BCUT2D eigenvalue weighted by atomic mass is 19.4. The van der Waals surface area contributed by atoms with Gasteiger partial charge in [-0.05, 0) is 6.07 Å². The van der Waals surface area contributed by atoms with Gasteiger partial charge in [-0.3, -0.25) is 14.6 Å². The first-order chi connectivity index (χ1) is 12.0. The van der Waals surface area contributed by atoms with Crippen LogP contribution in [0.1, 0.15) is 26.5 Å². The van der Waals surface area contributed by atoms with Crippen molar-refractivity contribution in [2.24, 2.45) is 0 Å². The Labute approximate surface area is 151 Å². The topological polar surface area (TPSA) is 61.6 Å². The van der Waals surface area contributed by atoms with Gasteiger partial charge in [0.2, 0.25) is 0 Å². The molecular weight excluding hydrogens is 349 g/mol. The molecule has 2 heterocycles. The second-order valence-electron chi connectivity index (χ2n) is 7.73. The highest BCUT2D eigenvalue weighted by molar-refractivity contribution is 5.10. The maximum atomic E-state index is 12.4. The van der Waals surface area contributed by atoms with E-state index in [1.54, 1.807) is 11.0 Å². The molecule has 1 aromatic heterocycles. The number of hydrogen-bond acceptors (Lipinski definition) is 5. The largest absolute Gasteiger partial charge is 0.415 e. The summed E-state index contributed by atoms with van der Waals surface area (Å²) in [6.07, 6.45) is -6.89. The van der Waals surface area contributed by atoms with Gasteiger partial charge in [-0.15, -0.1) is 0 Å². The Kier molecular flexibility index (Phi) is 6.46. The monoisotopic (exact) mass is 376 g/mol. The average Bonchev–Trinajstić information content (AvgIpc) is 2.53. The van der Waals surface area contributed by atoms with E-state index in [4.69, 9.17) is 5.11 Å². The van der Waals surface area contributed by atoms with Crippen molar-refractivity contribution >= 4 is 0 Å². The molecule has 1 atom stereocenters. The van der Waals surface area contributed by atoms with Gasteiger partial charge < -0.3 is 5.11 Å². The zero-order valence-electron chi connectivity index (χ0n) is 15.5. The number of alkyl halides is 3. The van der Waals surface area contributed by atoms with Crippen LogP contribution in [0.4, 0.5) is 13.2 Å². The molecule has 0 amide bonds. The minimum absolute atomic E-state index is 0.152. The number of aliphatic hydroxyl groups excluding tert-OH is 1. The third kappa shape index (κ3) is 5.78. The van der Waals surface area contributed by atoms with Crippen LogP contribution in [0.3, 0.4) is 0 Å². The van der Waals surface area contributed by atoms with Gasteiger partial charge in [0.05, 0.1) is 12.2 Å². The van der Waals surface area contributed by atoms with Crippen molar-refractivity contribution in [2.75, 3.05) is 39.3 Å². The van der Waals surface area contributed by atoms with Crippen molar-refractivity contribution in [3.63, 3.8) is 0 Å². The standard InChI is InChI=1S/C17H27F3N4O2/c1-16(2,3)13-4-5-15(26)24(21-13)11-10-22-6-8-23(9-7-22)12-14(25)17(18,19)20/h4-5,14,25H,6-12H2,1-3H3. The second kappa shape index (κ2) is 8.06. The summed E-state index contributed by atoms with van der Waals surface area (Å²) < 4.78 is 38.7. The molecule has 0 saturated carbocycles. The maximum absolute atomic E-state index is 12.4. The molecule has 1 unspecified atom stereocenters. The second-order valence-corrected chi connectivity index (χ2v) is 7.73. The third-order valence-electron chi connectivity index (χ3n) is 4.54. The number of aromatic nitrogens is 2. The Morgan fingerprint density at radius 1 is 1.08 bits per heavy atom. The lowest BCUT2D eigenvalue weighted by Crippen LogP contribution is -2.51. The van der Waals surface area contributed by atoms with E-state index in [1.807, 2.05) is 20.8 Å². The fraction of sp³-hybridized carbons (Fsp3) is 0.765. The normalized spacial score (nSPS) is 18.9. The van der Waals surface area contributed by atoms with Crippen molar-refractivity contribution in [1.29, 1.82) is 0 Å². The minimum Gasteiger partial charge on any atom is -0.382 e. The minimum atomic E-state index is -4.58. The molecule has 26 heavy (non-hydrogen) atoms. The van der Waals surface area contributed by atoms with E-state index in [2.05, 4.69) is 10.00 Å². The van der Waals surface area contributed by atoms with Crippen LogP contribution in [0.5, 0.6) is 0 Å². The maximum Gasteiger partial charge on any atom is 0.415 e. The molecule has 0 aromatic carbocycles. The third-order valence-corrected chi connectivity index (χ3v) is 4.54. The zero-order valence-corrected chi connectivity index (χ0v) is 15.5. The highest BCUT2D eigenvalue weighted by Crippen LogP contribution is 2.21. The Morgan fingerprint density at radius 3 is 2.19 bits per heavy atom. The smallest absolute Gasteiger partial charge is 0.382 e. The van der Waals surface area contributed by atoms with Crippen LogP contribution >= 0.6 is 0 Å². The van der Waals surface area contributed by atoms with Crippen LogP contribution in [0.2, 0.25) is 0 Å². The fourth-order valence-electron chi connectivity index (χ4n) is 2.79. The number of aliphatic hydroxyl groups is 1. The van der Waals surface area contributed by atoms with Crippen molar-refractivity contribution in [1.82, 2.24) is 19.6 Å². The Bertz CT molecular complexity index is 647. The molecule has 1 aliphatic heterocycles. The van der Waals surface area contributed by atoms with Crippen molar-refractivity contribution in [3.8, 4) is 0 Å². The lowest BCUT2D eigenvalue weighted by Gasteiger charge is -2.35. The van der Waals surface area contributed by atoms with E-state index in [9.17, 15) is 18.0 Å². The summed E-state index contributed by atoms with van der Waals surface area (Å²) in [4.78, 5) is 15.7. The Hall–Kier alpha value is -1.45. The van der Waals surface area contributed by atoms with E-state index in [1.165, 1.54) is 10.7 Å². The van der Waals surface area contributed by atoms with Crippen LogP contribution in [-0.2, 0) is 12.0 Å². The van der Waals surface area contributed by atoms with Gasteiger partial charge in [0, 0.05) is 50.7 Å².